The van der Waals surface area contributed by atoms with Gasteiger partial charge in [-0.2, -0.15) is 10.1 Å². The van der Waals surface area contributed by atoms with E-state index in [1.54, 1.807) is 18.3 Å². The van der Waals surface area contributed by atoms with Crippen LogP contribution in [0.1, 0.15) is 34.7 Å². The topological polar surface area (TPSA) is 99.0 Å². The lowest BCUT2D eigenvalue weighted by Gasteiger charge is -2.14. The molecule has 1 amide bonds. The third-order valence-corrected chi connectivity index (χ3v) is 3.83. The molecule has 0 spiro atoms. The van der Waals surface area contributed by atoms with Gasteiger partial charge in [-0.05, 0) is 31.4 Å². The zero-order chi connectivity index (χ0) is 15.6. The summed E-state index contributed by atoms with van der Waals surface area (Å²) in [6.07, 6.45) is 6.23. The number of carbonyl (C=O) groups is 1. The van der Waals surface area contributed by atoms with Gasteiger partial charge in [0.15, 0.2) is 11.6 Å². The van der Waals surface area contributed by atoms with Gasteiger partial charge in [-0.15, -0.1) is 0 Å². The van der Waals surface area contributed by atoms with Gasteiger partial charge in [-0.3, -0.25) is 9.48 Å². The highest BCUT2D eigenvalue weighted by Crippen LogP contribution is 2.19. The van der Waals surface area contributed by atoms with Crippen molar-refractivity contribution in [3.05, 3.63) is 41.7 Å². The average molecular weight is 313 g/mol. The number of fused-ring (bicyclic) bond motifs is 1. The second-order valence-electron chi connectivity index (χ2n) is 5.36. The maximum absolute atomic E-state index is 12.3. The van der Waals surface area contributed by atoms with Crippen molar-refractivity contribution in [1.82, 2.24) is 25.2 Å². The number of amides is 1. The second-order valence-corrected chi connectivity index (χ2v) is 5.36. The summed E-state index contributed by atoms with van der Waals surface area (Å²) in [6.45, 7) is 1.06. The van der Waals surface area contributed by atoms with E-state index in [1.807, 2.05) is 4.68 Å². The van der Waals surface area contributed by atoms with Crippen LogP contribution in [0.2, 0.25) is 0 Å². The maximum atomic E-state index is 12.3. The molecule has 0 unspecified atom stereocenters. The van der Waals surface area contributed by atoms with Crippen molar-refractivity contribution in [1.29, 1.82) is 0 Å². The molecule has 0 aromatic carbocycles. The first kappa shape index (κ1) is 13.7. The zero-order valence-electron chi connectivity index (χ0n) is 12.4. The van der Waals surface area contributed by atoms with Crippen LogP contribution in [0, 0.1) is 0 Å². The number of hydrogen-bond donors (Lipinski definition) is 1. The van der Waals surface area contributed by atoms with Crippen molar-refractivity contribution in [2.75, 3.05) is 0 Å². The fourth-order valence-corrected chi connectivity index (χ4v) is 2.69. The first-order chi connectivity index (χ1) is 11.3. The number of aromatic nitrogens is 4. The van der Waals surface area contributed by atoms with Gasteiger partial charge in [-0.25, -0.2) is 0 Å². The van der Waals surface area contributed by atoms with E-state index in [1.165, 1.54) is 6.26 Å². The molecule has 0 aliphatic carbocycles. The van der Waals surface area contributed by atoms with Crippen LogP contribution in [0.5, 0.6) is 0 Å². The monoisotopic (exact) mass is 313 g/mol. The minimum atomic E-state index is -0.169. The van der Waals surface area contributed by atoms with Crippen LogP contribution in [0.4, 0.5) is 0 Å². The number of rotatable bonds is 4. The van der Waals surface area contributed by atoms with E-state index in [2.05, 4.69) is 20.6 Å². The highest BCUT2D eigenvalue weighted by molar-refractivity contribution is 5.95. The van der Waals surface area contributed by atoms with E-state index in [9.17, 15) is 4.79 Å². The molecule has 8 heteroatoms. The standard InChI is InChI=1S/C15H15N5O3/c21-14(10-8-17-20-6-2-1-4-11(10)20)16-9-13-18-15(23-19-13)12-5-3-7-22-12/h3,5,7-8H,1-2,4,6,9H2,(H,16,21). The number of aryl methyl sites for hydroxylation is 1. The van der Waals surface area contributed by atoms with Crippen LogP contribution < -0.4 is 5.32 Å². The number of carbonyl (C=O) groups excluding carboxylic acids is 1. The van der Waals surface area contributed by atoms with Crippen molar-refractivity contribution >= 4 is 5.91 Å². The van der Waals surface area contributed by atoms with Crippen LogP contribution in [0.25, 0.3) is 11.7 Å². The lowest BCUT2D eigenvalue weighted by Crippen LogP contribution is -2.25. The Morgan fingerprint density at radius 1 is 1.39 bits per heavy atom. The van der Waals surface area contributed by atoms with Crippen LogP contribution in [-0.2, 0) is 19.5 Å². The molecule has 0 bridgehead atoms. The first-order valence-electron chi connectivity index (χ1n) is 7.50. The van der Waals surface area contributed by atoms with Gasteiger partial charge in [0, 0.05) is 6.54 Å². The summed E-state index contributed by atoms with van der Waals surface area (Å²) in [5, 5.41) is 10.9. The molecule has 1 aliphatic rings. The molecule has 118 valence electrons. The smallest absolute Gasteiger partial charge is 0.293 e. The largest absolute Gasteiger partial charge is 0.459 e. The Balaban J connectivity index is 1.43. The van der Waals surface area contributed by atoms with Crippen LogP contribution in [0.15, 0.2) is 33.5 Å². The number of nitrogens with one attached hydrogen (secondary N) is 1. The normalized spacial score (nSPS) is 13.7. The van der Waals surface area contributed by atoms with Crippen molar-refractivity contribution in [3.63, 3.8) is 0 Å². The lowest BCUT2D eigenvalue weighted by atomic mass is 10.1. The fourth-order valence-electron chi connectivity index (χ4n) is 2.69. The Hall–Kier alpha value is -2.90. The average Bonchev–Trinajstić information content (AvgIpc) is 3.31. The van der Waals surface area contributed by atoms with Crippen LogP contribution in [0.3, 0.4) is 0 Å². The quantitative estimate of drug-likeness (QED) is 0.788. The summed E-state index contributed by atoms with van der Waals surface area (Å²) >= 11 is 0. The maximum Gasteiger partial charge on any atom is 0.293 e. The summed E-state index contributed by atoms with van der Waals surface area (Å²) in [7, 11) is 0. The Kier molecular flexibility index (Phi) is 3.41. The molecule has 3 aromatic heterocycles. The lowest BCUT2D eigenvalue weighted by molar-refractivity contribution is 0.0948. The molecule has 0 fully saturated rings. The zero-order valence-corrected chi connectivity index (χ0v) is 12.4. The predicted molar refractivity (Wildman–Crippen MR) is 78.3 cm³/mol. The van der Waals surface area contributed by atoms with E-state index >= 15 is 0 Å². The summed E-state index contributed by atoms with van der Waals surface area (Å²) in [5.74, 6) is 1.02. The van der Waals surface area contributed by atoms with Crippen LogP contribution in [-0.4, -0.2) is 25.8 Å². The van der Waals surface area contributed by atoms with Gasteiger partial charge in [0.25, 0.3) is 11.8 Å². The third kappa shape index (κ3) is 2.63. The highest BCUT2D eigenvalue weighted by atomic mass is 16.5. The number of furan rings is 1. The molecule has 8 nitrogen and oxygen atoms in total. The Morgan fingerprint density at radius 3 is 3.22 bits per heavy atom. The van der Waals surface area contributed by atoms with Crippen molar-refractivity contribution in [2.24, 2.45) is 0 Å². The Bertz CT molecular complexity index is 818. The molecule has 4 rings (SSSR count). The minimum Gasteiger partial charge on any atom is -0.459 e. The van der Waals surface area contributed by atoms with E-state index in [0.29, 0.717) is 23.0 Å². The summed E-state index contributed by atoms with van der Waals surface area (Å²) in [6, 6.07) is 3.47. The van der Waals surface area contributed by atoms with Gasteiger partial charge in [-0.1, -0.05) is 5.16 Å². The van der Waals surface area contributed by atoms with E-state index in [0.717, 1.165) is 31.5 Å². The number of nitrogens with zero attached hydrogens (tertiary/aromatic N) is 4. The van der Waals surface area contributed by atoms with Gasteiger partial charge in [0.05, 0.1) is 30.3 Å². The molecular weight excluding hydrogens is 298 g/mol. The fraction of sp³-hybridized carbons (Fsp3) is 0.333. The van der Waals surface area contributed by atoms with Gasteiger partial charge >= 0.3 is 0 Å². The van der Waals surface area contributed by atoms with E-state index in [-0.39, 0.29) is 12.5 Å². The summed E-state index contributed by atoms with van der Waals surface area (Å²) < 4.78 is 12.2. The second kappa shape index (κ2) is 5.71. The van der Waals surface area contributed by atoms with Gasteiger partial charge < -0.3 is 14.3 Å². The third-order valence-electron chi connectivity index (χ3n) is 3.83. The molecule has 3 aromatic rings. The van der Waals surface area contributed by atoms with Gasteiger partial charge in [0.2, 0.25) is 0 Å². The summed E-state index contributed by atoms with van der Waals surface area (Å²) in [5.41, 5.74) is 1.62. The molecule has 4 heterocycles. The molecule has 0 saturated heterocycles. The Morgan fingerprint density at radius 2 is 2.35 bits per heavy atom. The van der Waals surface area contributed by atoms with Crippen molar-refractivity contribution < 1.29 is 13.7 Å². The van der Waals surface area contributed by atoms with Crippen molar-refractivity contribution in [3.8, 4) is 11.7 Å². The SMILES string of the molecule is O=C(NCc1noc(-c2ccco2)n1)c1cnn2c1CCCC2. The molecule has 23 heavy (non-hydrogen) atoms. The summed E-state index contributed by atoms with van der Waals surface area (Å²) in [4.78, 5) is 16.5. The molecular formula is C15H15N5O3. The minimum absolute atomic E-state index is 0.169. The molecule has 0 radical (unpaired) electrons. The van der Waals surface area contributed by atoms with Crippen molar-refractivity contribution in [2.45, 2.75) is 32.4 Å². The predicted octanol–water partition coefficient (Wildman–Crippen LogP) is 1.79. The molecule has 0 atom stereocenters. The van der Waals surface area contributed by atoms with Gasteiger partial charge in [0.1, 0.15) is 0 Å². The van der Waals surface area contributed by atoms with E-state index in [4.69, 9.17) is 8.94 Å². The first-order valence-corrected chi connectivity index (χ1v) is 7.50. The van der Waals surface area contributed by atoms with Crippen LogP contribution >= 0.6 is 0 Å². The molecule has 1 aliphatic heterocycles. The Labute approximate surface area is 131 Å². The van der Waals surface area contributed by atoms with E-state index < -0.39 is 0 Å². The molecule has 1 N–H and O–H groups in total. The molecule has 0 saturated carbocycles. The highest BCUT2D eigenvalue weighted by Gasteiger charge is 2.20. The number of hydrogen-bond acceptors (Lipinski definition) is 6.